The lowest BCUT2D eigenvalue weighted by molar-refractivity contribution is 0.349. The van der Waals surface area contributed by atoms with Crippen LogP contribution in [-0.2, 0) is 0 Å². The van der Waals surface area contributed by atoms with Gasteiger partial charge in [-0.2, -0.15) is 0 Å². The molecule has 3 rings (SSSR count). The van der Waals surface area contributed by atoms with Gasteiger partial charge in [0.25, 0.3) is 0 Å². The van der Waals surface area contributed by atoms with Crippen molar-refractivity contribution >= 4 is 23.5 Å². The van der Waals surface area contributed by atoms with Gasteiger partial charge < -0.3 is 9.73 Å². The van der Waals surface area contributed by atoms with Crippen LogP contribution >= 0.6 is 12.4 Å². The van der Waals surface area contributed by atoms with Crippen LogP contribution < -0.4 is 11.1 Å². The van der Waals surface area contributed by atoms with Crippen molar-refractivity contribution in [3.05, 3.63) is 34.5 Å². The molecule has 4 nitrogen and oxygen atoms in total. The summed E-state index contributed by atoms with van der Waals surface area (Å²) >= 11 is 0. The van der Waals surface area contributed by atoms with E-state index in [1.54, 1.807) is 0 Å². The maximum Gasteiger partial charge on any atom is 0.420 e. The van der Waals surface area contributed by atoms with E-state index >= 15 is 0 Å². The Balaban J connectivity index is 0.00000208. The van der Waals surface area contributed by atoms with Gasteiger partial charge in [0.15, 0.2) is 5.58 Å². The third kappa shape index (κ3) is 2.15. The zero-order chi connectivity index (χ0) is 17.1. The maximum absolute atomic E-state index is 13.7. The molecule has 0 aliphatic carbocycles. The third-order valence-corrected chi connectivity index (χ3v) is 2.73. The summed E-state index contributed by atoms with van der Waals surface area (Å²) in [6.07, 6.45) is 0.0670. The standard InChI is InChI=1S/C12H13FN2O2.ClH/c13-8-1-2-10-11(7-8)17-12(16)15(10)9-3-5-14-6-4-9;/h1-2,7,9,14H,3-6H2;1H/i1D,2D,5D2,7D;/hD. The maximum atomic E-state index is 13.7. The van der Waals surface area contributed by atoms with Crippen LogP contribution in [0, 0.1) is 5.82 Å². The molecule has 1 N–H and O–H groups in total. The summed E-state index contributed by atoms with van der Waals surface area (Å²) in [5, 5.41) is 0.782. The minimum atomic E-state index is -1.97. The first-order valence-electron chi connectivity index (χ1n) is 8.16. The van der Waals surface area contributed by atoms with Gasteiger partial charge >= 0.3 is 5.76 Å². The number of rotatable bonds is 1. The molecule has 0 spiro atoms. The molecule has 2 heterocycles. The smallest absolute Gasteiger partial charge is 0.408 e. The highest BCUT2D eigenvalue weighted by molar-refractivity contribution is 5.85. The first-order valence-corrected chi connectivity index (χ1v) is 5.22. The van der Waals surface area contributed by atoms with Gasteiger partial charge in [0.2, 0.25) is 0 Å². The molecule has 1 atom stereocenters. The van der Waals surface area contributed by atoms with E-state index < -0.39 is 47.8 Å². The van der Waals surface area contributed by atoms with Gasteiger partial charge in [0.1, 0.15) is 7.23 Å². The summed E-state index contributed by atoms with van der Waals surface area (Å²) in [6.45, 7) is -1.91. The number of hydrogen-bond acceptors (Lipinski definition) is 3. The average molecular weight is 279 g/mol. The highest BCUT2D eigenvalue weighted by Gasteiger charge is 2.20. The molecule has 0 bridgehead atoms. The molecule has 1 saturated heterocycles. The van der Waals surface area contributed by atoms with Crippen LogP contribution in [0.25, 0.3) is 11.1 Å². The van der Waals surface area contributed by atoms with Gasteiger partial charge in [-0.1, -0.05) is 0 Å². The summed E-state index contributed by atoms with van der Waals surface area (Å²) in [5.41, 5.74) is -0.590. The summed E-state index contributed by atoms with van der Waals surface area (Å²) in [7, 11) is 0. The van der Waals surface area contributed by atoms with Gasteiger partial charge in [0.05, 0.1) is 9.63 Å². The number of nitrogens with one attached hydrogen (secondary N) is 1. The van der Waals surface area contributed by atoms with E-state index in [9.17, 15) is 9.18 Å². The summed E-state index contributed by atoms with van der Waals surface area (Å²) in [6, 6.07) is -2.85. The van der Waals surface area contributed by atoms with Crippen molar-refractivity contribution in [2.24, 2.45) is 0 Å². The molecule has 1 fully saturated rings. The molecule has 2 aromatic rings. The van der Waals surface area contributed by atoms with Crippen LogP contribution in [0.1, 0.15) is 25.7 Å². The SMILES string of the molecule is Cl.[2H]c1c(F)c([2H])c2oc(=O)n(C3CCN([2H])C([2H])([2H])C3)c2c1[2H]. The van der Waals surface area contributed by atoms with E-state index in [1.807, 2.05) is 0 Å². The monoisotopic (exact) mass is 278 g/mol. The van der Waals surface area contributed by atoms with Gasteiger partial charge in [-0.25, -0.2) is 9.18 Å². The Bertz CT molecular complexity index is 854. The van der Waals surface area contributed by atoms with Crippen LogP contribution in [0.3, 0.4) is 0 Å². The van der Waals surface area contributed by atoms with E-state index in [1.165, 1.54) is 0 Å². The van der Waals surface area contributed by atoms with Crippen molar-refractivity contribution in [1.82, 2.24) is 9.88 Å². The summed E-state index contributed by atoms with van der Waals surface area (Å²) in [5.74, 6) is -2.16. The summed E-state index contributed by atoms with van der Waals surface area (Å²) < 4.78 is 65.8. The zero-order valence-electron chi connectivity index (χ0n) is 15.2. The molecule has 18 heavy (non-hydrogen) atoms. The Morgan fingerprint density at radius 2 is 2.44 bits per heavy atom. The number of benzene rings is 1. The Kier molecular flexibility index (Phi) is 2.08. The van der Waals surface area contributed by atoms with Crippen molar-refractivity contribution in [2.75, 3.05) is 13.0 Å². The van der Waals surface area contributed by atoms with Crippen LogP contribution in [0.4, 0.5) is 4.39 Å². The Morgan fingerprint density at radius 1 is 1.61 bits per heavy atom. The van der Waals surface area contributed by atoms with Gasteiger partial charge in [0, 0.05) is 14.8 Å². The van der Waals surface area contributed by atoms with Crippen LogP contribution in [0.5, 0.6) is 0 Å². The lowest BCUT2D eigenvalue weighted by Crippen LogP contribution is -2.32. The lowest BCUT2D eigenvalue weighted by atomic mass is 10.1. The minimum Gasteiger partial charge on any atom is -0.408 e. The van der Waals surface area contributed by atoms with Gasteiger partial charge in [-0.15, -0.1) is 12.4 Å². The topological polar surface area (TPSA) is 47.2 Å². The van der Waals surface area contributed by atoms with Gasteiger partial charge in [-0.3, -0.25) is 4.57 Å². The molecule has 1 unspecified atom stereocenters. The van der Waals surface area contributed by atoms with Crippen LogP contribution in [-0.4, -0.2) is 17.6 Å². The number of oxazole rings is 1. The molecule has 1 aliphatic heterocycles. The molecule has 1 aromatic heterocycles. The van der Waals surface area contributed by atoms with Crippen molar-refractivity contribution in [1.29, 1.82) is 0 Å². The quantitative estimate of drug-likeness (QED) is 0.869. The van der Waals surface area contributed by atoms with E-state index in [2.05, 4.69) is 0 Å². The van der Waals surface area contributed by atoms with Crippen LogP contribution in [0.2, 0.25) is 1.41 Å². The second-order valence-electron chi connectivity index (χ2n) is 3.79. The average Bonchev–Trinajstić information content (AvgIpc) is 2.83. The highest BCUT2D eigenvalue weighted by Crippen LogP contribution is 2.23. The van der Waals surface area contributed by atoms with E-state index in [0.717, 1.165) is 9.88 Å². The second-order valence-corrected chi connectivity index (χ2v) is 3.79. The van der Waals surface area contributed by atoms with Crippen molar-refractivity contribution in [3.8, 4) is 0 Å². The number of piperidine rings is 1. The van der Waals surface area contributed by atoms with Crippen molar-refractivity contribution in [2.45, 2.75) is 18.9 Å². The number of nitrogens with zero attached hydrogens (tertiary/aromatic N) is 1. The number of fused-ring (bicyclic) bond motifs is 1. The number of hydrogen-bond donors (Lipinski definition) is 1. The van der Waals surface area contributed by atoms with Gasteiger partial charge in [-0.05, 0) is 38.0 Å². The van der Waals surface area contributed by atoms with Crippen molar-refractivity contribution in [3.63, 3.8) is 0 Å². The summed E-state index contributed by atoms with van der Waals surface area (Å²) in [4.78, 5) is 12.1. The Morgan fingerprint density at radius 3 is 3.22 bits per heavy atom. The van der Waals surface area contributed by atoms with E-state index in [-0.39, 0.29) is 37.3 Å². The molecule has 0 radical (unpaired) electrons. The van der Waals surface area contributed by atoms with Crippen molar-refractivity contribution < 1.29 is 17.1 Å². The Labute approximate surface area is 118 Å². The molecule has 0 amide bonds. The number of halogens is 2. The molecule has 6 heteroatoms. The largest absolute Gasteiger partial charge is 0.420 e. The first kappa shape index (κ1) is 7.31. The molecule has 98 valence electrons. The molecular formula is C12H14ClFN2O2. The predicted octanol–water partition coefficient (Wildman–Crippen LogP) is 2.08. The zero-order valence-corrected chi connectivity index (χ0v) is 10.0. The fraction of sp³-hybridized carbons (Fsp3) is 0.417. The Hall–Kier alpha value is -1.33. The fourth-order valence-corrected chi connectivity index (χ4v) is 1.95. The number of aromatic nitrogens is 1. The minimum absolute atomic E-state index is 0. The fourth-order valence-electron chi connectivity index (χ4n) is 1.95. The van der Waals surface area contributed by atoms with E-state index in [0.29, 0.717) is 0 Å². The predicted molar refractivity (Wildman–Crippen MR) is 68.8 cm³/mol. The molecule has 0 saturated carbocycles. The second kappa shape index (κ2) is 5.12. The lowest BCUT2D eigenvalue weighted by Gasteiger charge is -2.23. The molecule has 1 aliphatic rings. The highest BCUT2D eigenvalue weighted by atomic mass is 35.5. The normalized spacial score (nSPS) is 28.4. The first-order chi connectivity index (χ1) is 10.6. The molecule has 1 aromatic carbocycles. The van der Waals surface area contributed by atoms with Crippen LogP contribution in [0.15, 0.2) is 27.3 Å². The van der Waals surface area contributed by atoms with E-state index in [4.69, 9.17) is 12.7 Å². The molecular weight excluding hydrogens is 259 g/mol. The third-order valence-electron chi connectivity index (χ3n) is 2.73.